The summed E-state index contributed by atoms with van der Waals surface area (Å²) in [6.45, 7) is 3.18. The fourth-order valence-electron chi connectivity index (χ4n) is 3.62. The minimum Gasteiger partial charge on any atom is -0.379 e. The Balaban J connectivity index is 1.42. The molecule has 1 aromatic rings. The van der Waals surface area contributed by atoms with Crippen LogP contribution in [0.3, 0.4) is 0 Å². The predicted molar refractivity (Wildman–Crippen MR) is 97.4 cm³/mol. The number of rotatable bonds is 7. The summed E-state index contributed by atoms with van der Waals surface area (Å²) in [5, 5.41) is 5.95. The molecule has 2 saturated carbocycles. The maximum Gasteiger partial charge on any atom is 0.235 e. The average Bonchev–Trinajstić information content (AvgIpc) is 3.59. The molecule has 1 atom stereocenters. The molecule has 1 heterocycles. The summed E-state index contributed by atoms with van der Waals surface area (Å²) in [6, 6.07) is 6.58. The molecule has 2 amide bonds. The fraction of sp³-hybridized carbons (Fsp3) is 0.600. The second kappa shape index (κ2) is 7.56. The van der Waals surface area contributed by atoms with Crippen LogP contribution in [0.2, 0.25) is 0 Å². The van der Waals surface area contributed by atoms with E-state index in [1.807, 2.05) is 0 Å². The molecule has 27 heavy (non-hydrogen) atoms. The van der Waals surface area contributed by atoms with Crippen LogP contribution in [0.25, 0.3) is 0 Å². The Morgan fingerprint density at radius 2 is 1.81 bits per heavy atom. The van der Waals surface area contributed by atoms with Gasteiger partial charge in [0.1, 0.15) is 11.2 Å². The van der Waals surface area contributed by atoms with Crippen molar-refractivity contribution in [1.29, 1.82) is 0 Å². The van der Waals surface area contributed by atoms with Crippen LogP contribution in [-0.2, 0) is 14.3 Å². The summed E-state index contributed by atoms with van der Waals surface area (Å²) < 4.78 is 18.7. The van der Waals surface area contributed by atoms with Gasteiger partial charge in [0.2, 0.25) is 11.8 Å². The van der Waals surface area contributed by atoms with Crippen molar-refractivity contribution in [3.8, 4) is 0 Å². The van der Waals surface area contributed by atoms with Gasteiger partial charge < -0.3 is 15.4 Å². The Labute approximate surface area is 158 Å². The Hall–Kier alpha value is -1.99. The summed E-state index contributed by atoms with van der Waals surface area (Å²) in [5.41, 5.74) is 0.0619. The lowest BCUT2D eigenvalue weighted by molar-refractivity contribution is -0.137. The lowest BCUT2D eigenvalue weighted by Crippen LogP contribution is -2.48. The third kappa shape index (κ3) is 4.14. The first kappa shape index (κ1) is 18.4. The van der Waals surface area contributed by atoms with Gasteiger partial charge in [-0.3, -0.25) is 14.5 Å². The van der Waals surface area contributed by atoms with Crippen LogP contribution in [0.1, 0.15) is 37.3 Å². The number of hydrogen-bond donors (Lipinski definition) is 2. The number of benzene rings is 1. The number of nitrogens with one attached hydrogen (secondary N) is 2. The molecule has 2 N–H and O–H groups in total. The molecule has 146 valence electrons. The van der Waals surface area contributed by atoms with Crippen LogP contribution in [0, 0.1) is 11.2 Å². The minimum absolute atomic E-state index is 0.0688. The number of morpholine rings is 1. The van der Waals surface area contributed by atoms with Crippen LogP contribution >= 0.6 is 0 Å². The molecule has 0 aromatic heterocycles. The van der Waals surface area contributed by atoms with Gasteiger partial charge >= 0.3 is 0 Å². The van der Waals surface area contributed by atoms with Crippen molar-refractivity contribution in [2.75, 3.05) is 32.8 Å². The molecule has 7 heteroatoms. The SMILES string of the molecule is O=C(NCC(c1ccc(F)cc1)N1CCOCC1)C1(C(=O)NC2CC2)CC1. The predicted octanol–water partition coefficient (Wildman–Crippen LogP) is 1.37. The van der Waals surface area contributed by atoms with E-state index in [1.54, 1.807) is 12.1 Å². The zero-order valence-electron chi connectivity index (χ0n) is 15.4. The van der Waals surface area contributed by atoms with E-state index in [-0.39, 0.29) is 29.7 Å². The maximum atomic E-state index is 13.3. The largest absolute Gasteiger partial charge is 0.379 e. The molecule has 0 bridgehead atoms. The summed E-state index contributed by atoms with van der Waals surface area (Å²) in [6.07, 6.45) is 3.23. The summed E-state index contributed by atoms with van der Waals surface area (Å²) in [4.78, 5) is 27.4. The van der Waals surface area contributed by atoms with Crippen LogP contribution in [0.4, 0.5) is 4.39 Å². The van der Waals surface area contributed by atoms with Crippen molar-refractivity contribution in [2.45, 2.75) is 37.8 Å². The molecule has 1 saturated heterocycles. The van der Waals surface area contributed by atoms with Crippen LogP contribution in [0.15, 0.2) is 24.3 Å². The standard InChI is InChI=1S/C20H26FN3O3/c21-15-3-1-14(2-4-15)17(24-9-11-27-12-10-24)13-22-18(25)20(7-8-20)19(26)23-16-5-6-16/h1-4,16-17H,5-13H2,(H,22,25)(H,23,26). The second-order valence-electron chi connectivity index (χ2n) is 7.76. The third-order valence-corrected chi connectivity index (χ3v) is 5.73. The van der Waals surface area contributed by atoms with E-state index < -0.39 is 5.41 Å². The Kier molecular flexibility index (Phi) is 5.14. The van der Waals surface area contributed by atoms with E-state index in [1.165, 1.54) is 12.1 Å². The Bertz CT molecular complexity index is 695. The Morgan fingerprint density at radius 3 is 2.41 bits per heavy atom. The van der Waals surface area contributed by atoms with Gasteiger partial charge in [0.05, 0.1) is 19.3 Å². The zero-order valence-corrected chi connectivity index (χ0v) is 15.4. The lowest BCUT2D eigenvalue weighted by atomic mass is 10.0. The molecule has 6 nitrogen and oxygen atoms in total. The highest BCUT2D eigenvalue weighted by Crippen LogP contribution is 2.46. The molecule has 1 unspecified atom stereocenters. The number of amides is 2. The highest BCUT2D eigenvalue weighted by Gasteiger charge is 2.57. The molecule has 1 aliphatic heterocycles. The topological polar surface area (TPSA) is 70.7 Å². The van der Waals surface area contributed by atoms with Crippen molar-refractivity contribution in [2.24, 2.45) is 5.41 Å². The van der Waals surface area contributed by atoms with E-state index >= 15 is 0 Å². The van der Waals surface area contributed by atoms with Crippen LogP contribution in [0.5, 0.6) is 0 Å². The molecule has 4 rings (SSSR count). The molecule has 1 aromatic carbocycles. The molecule has 0 spiro atoms. The van der Waals surface area contributed by atoms with Gasteiger partial charge in [-0.05, 0) is 43.4 Å². The van der Waals surface area contributed by atoms with Crippen molar-refractivity contribution in [3.05, 3.63) is 35.6 Å². The third-order valence-electron chi connectivity index (χ3n) is 5.73. The van der Waals surface area contributed by atoms with Crippen molar-refractivity contribution >= 4 is 11.8 Å². The Morgan fingerprint density at radius 1 is 1.15 bits per heavy atom. The monoisotopic (exact) mass is 375 g/mol. The van der Waals surface area contributed by atoms with Gasteiger partial charge in [-0.15, -0.1) is 0 Å². The summed E-state index contributed by atoms with van der Waals surface area (Å²) in [7, 11) is 0. The second-order valence-corrected chi connectivity index (χ2v) is 7.76. The number of nitrogens with zero attached hydrogens (tertiary/aromatic N) is 1. The van der Waals surface area contributed by atoms with Gasteiger partial charge in [-0.1, -0.05) is 12.1 Å². The smallest absolute Gasteiger partial charge is 0.235 e. The van der Waals surface area contributed by atoms with E-state index in [0.717, 1.165) is 31.5 Å². The minimum atomic E-state index is -0.888. The normalized spacial score (nSPS) is 22.7. The number of ether oxygens (including phenoxy) is 1. The molecular formula is C20H26FN3O3. The van der Waals surface area contributed by atoms with Gasteiger partial charge in [0, 0.05) is 25.7 Å². The molecular weight excluding hydrogens is 349 g/mol. The quantitative estimate of drug-likeness (QED) is 0.707. The average molecular weight is 375 g/mol. The molecule has 2 aliphatic carbocycles. The zero-order chi connectivity index (χ0) is 18.9. The number of hydrogen-bond acceptors (Lipinski definition) is 4. The van der Waals surface area contributed by atoms with Crippen molar-refractivity contribution < 1.29 is 18.7 Å². The van der Waals surface area contributed by atoms with Gasteiger partial charge in [0.25, 0.3) is 0 Å². The highest BCUT2D eigenvalue weighted by atomic mass is 19.1. The lowest BCUT2D eigenvalue weighted by Gasteiger charge is -2.35. The molecule has 3 aliphatic rings. The summed E-state index contributed by atoms with van der Waals surface area (Å²) in [5.74, 6) is -0.606. The van der Waals surface area contributed by atoms with Gasteiger partial charge in [-0.25, -0.2) is 4.39 Å². The maximum absolute atomic E-state index is 13.3. The first-order valence-electron chi connectivity index (χ1n) is 9.75. The molecule has 0 radical (unpaired) electrons. The van der Waals surface area contributed by atoms with E-state index in [2.05, 4.69) is 15.5 Å². The van der Waals surface area contributed by atoms with Crippen molar-refractivity contribution in [3.63, 3.8) is 0 Å². The molecule has 3 fully saturated rings. The van der Waals surface area contributed by atoms with Crippen LogP contribution in [-0.4, -0.2) is 55.6 Å². The first-order valence-corrected chi connectivity index (χ1v) is 9.75. The van der Waals surface area contributed by atoms with E-state index in [4.69, 9.17) is 4.74 Å². The number of halogens is 1. The van der Waals surface area contributed by atoms with Crippen LogP contribution < -0.4 is 10.6 Å². The fourth-order valence-corrected chi connectivity index (χ4v) is 3.62. The van der Waals surface area contributed by atoms with Crippen molar-refractivity contribution in [1.82, 2.24) is 15.5 Å². The van der Waals surface area contributed by atoms with Gasteiger partial charge in [0.15, 0.2) is 0 Å². The highest BCUT2D eigenvalue weighted by molar-refractivity contribution is 6.08. The van der Waals surface area contributed by atoms with Gasteiger partial charge in [-0.2, -0.15) is 0 Å². The number of carbonyl (C=O) groups is 2. The van der Waals surface area contributed by atoms with E-state index in [9.17, 15) is 14.0 Å². The van der Waals surface area contributed by atoms with E-state index in [0.29, 0.717) is 32.6 Å². The first-order chi connectivity index (χ1) is 13.1. The number of carbonyl (C=O) groups excluding carboxylic acids is 2. The summed E-state index contributed by atoms with van der Waals surface area (Å²) >= 11 is 0.